The Kier molecular flexibility index (Phi) is 21.1. The zero-order chi connectivity index (χ0) is 18.0. The van der Waals surface area contributed by atoms with Crippen molar-refractivity contribution in [1.29, 1.82) is 0 Å². The minimum Gasteiger partial charge on any atom is -0.381 e. The molecule has 0 aliphatic heterocycles. The maximum Gasteiger partial charge on any atom is 0.243 e. The number of nitrogens with one attached hydrogen (secondary N) is 2. The summed E-state index contributed by atoms with van der Waals surface area (Å²) in [5.74, 6) is 0.679. The highest BCUT2D eigenvalue weighted by Gasteiger charge is 2.03. The van der Waals surface area contributed by atoms with E-state index >= 15 is 0 Å². The van der Waals surface area contributed by atoms with Gasteiger partial charge in [0.2, 0.25) is 5.91 Å². The predicted molar refractivity (Wildman–Crippen MR) is 117 cm³/mol. The van der Waals surface area contributed by atoms with E-state index in [-0.39, 0.29) is 36.4 Å². The van der Waals surface area contributed by atoms with Gasteiger partial charge < -0.3 is 20.3 Å². The molecule has 0 spiro atoms. The lowest BCUT2D eigenvalue weighted by atomic mass is 10.1. The number of guanidine groups is 1. The number of halogens is 1. The van der Waals surface area contributed by atoms with Crippen LogP contribution in [0.1, 0.15) is 58.8 Å². The number of unbranched alkanes of at least 4 members (excludes halogenated alkanes) is 5. The van der Waals surface area contributed by atoms with Gasteiger partial charge in [0.1, 0.15) is 6.54 Å². The maximum atomic E-state index is 11.6. The lowest BCUT2D eigenvalue weighted by Crippen LogP contribution is -2.39. The fourth-order valence-electron chi connectivity index (χ4n) is 2.10. The van der Waals surface area contributed by atoms with Crippen molar-refractivity contribution in [3.05, 3.63) is 0 Å². The van der Waals surface area contributed by atoms with E-state index in [0.29, 0.717) is 5.96 Å². The van der Waals surface area contributed by atoms with Gasteiger partial charge in [-0.1, -0.05) is 39.0 Å². The third kappa shape index (κ3) is 18.0. The van der Waals surface area contributed by atoms with E-state index in [1.54, 1.807) is 19.0 Å². The smallest absolute Gasteiger partial charge is 0.243 e. The van der Waals surface area contributed by atoms with Gasteiger partial charge in [-0.25, -0.2) is 4.99 Å². The van der Waals surface area contributed by atoms with Crippen LogP contribution in [0.3, 0.4) is 0 Å². The van der Waals surface area contributed by atoms with E-state index in [9.17, 15) is 4.79 Å². The summed E-state index contributed by atoms with van der Waals surface area (Å²) >= 11 is 0. The van der Waals surface area contributed by atoms with E-state index in [2.05, 4.69) is 22.5 Å². The number of carbonyl (C=O) groups is 1. The minimum atomic E-state index is -0.00512. The molecule has 0 rings (SSSR count). The monoisotopic (exact) mass is 470 g/mol. The van der Waals surface area contributed by atoms with Crippen LogP contribution in [0.25, 0.3) is 0 Å². The number of amides is 1. The molecular formula is C18H39IN4O2. The highest BCUT2D eigenvalue weighted by Crippen LogP contribution is 2.04. The molecule has 7 heteroatoms. The molecule has 0 fully saturated rings. The number of rotatable bonds is 14. The maximum absolute atomic E-state index is 11.6. The first-order valence-corrected chi connectivity index (χ1v) is 9.41. The molecule has 0 aromatic heterocycles. The number of carbonyl (C=O) groups excluding carboxylic acids is 1. The lowest BCUT2D eigenvalue weighted by Gasteiger charge is -2.12. The number of likely N-dealkylation sites (N-methyl/N-ethyl adjacent to an activating group) is 1. The lowest BCUT2D eigenvalue weighted by molar-refractivity contribution is -0.127. The second-order valence-corrected chi connectivity index (χ2v) is 6.14. The molecule has 0 heterocycles. The van der Waals surface area contributed by atoms with Crippen molar-refractivity contribution >= 4 is 35.8 Å². The first-order chi connectivity index (χ1) is 11.6. The Morgan fingerprint density at radius 2 is 1.60 bits per heavy atom. The van der Waals surface area contributed by atoms with Gasteiger partial charge in [-0.15, -0.1) is 24.0 Å². The van der Waals surface area contributed by atoms with Gasteiger partial charge in [0, 0.05) is 40.4 Å². The molecule has 0 bridgehead atoms. The van der Waals surface area contributed by atoms with E-state index < -0.39 is 0 Å². The molecule has 0 aliphatic carbocycles. The van der Waals surface area contributed by atoms with Crippen molar-refractivity contribution in [2.75, 3.05) is 46.9 Å². The van der Waals surface area contributed by atoms with Gasteiger partial charge in [-0.3, -0.25) is 4.79 Å². The van der Waals surface area contributed by atoms with E-state index in [4.69, 9.17) is 4.74 Å². The molecule has 1 amide bonds. The molecule has 0 saturated heterocycles. The Balaban J connectivity index is 0. The summed E-state index contributed by atoms with van der Waals surface area (Å²) in [7, 11) is 3.47. The Morgan fingerprint density at radius 3 is 2.24 bits per heavy atom. The number of nitrogens with zero attached hydrogens (tertiary/aromatic N) is 2. The van der Waals surface area contributed by atoms with Crippen LogP contribution < -0.4 is 10.6 Å². The third-order valence-corrected chi connectivity index (χ3v) is 3.62. The van der Waals surface area contributed by atoms with Gasteiger partial charge in [-0.05, 0) is 19.8 Å². The highest BCUT2D eigenvalue weighted by atomic mass is 127. The van der Waals surface area contributed by atoms with Crippen molar-refractivity contribution in [1.82, 2.24) is 15.5 Å². The molecule has 6 nitrogen and oxygen atoms in total. The van der Waals surface area contributed by atoms with Gasteiger partial charge in [0.25, 0.3) is 0 Å². The molecular weight excluding hydrogens is 431 g/mol. The van der Waals surface area contributed by atoms with Gasteiger partial charge >= 0.3 is 0 Å². The zero-order valence-electron chi connectivity index (χ0n) is 16.6. The molecule has 2 N–H and O–H groups in total. The second-order valence-electron chi connectivity index (χ2n) is 6.14. The average molecular weight is 470 g/mol. The molecule has 0 unspecified atom stereocenters. The molecule has 0 aliphatic rings. The summed E-state index contributed by atoms with van der Waals surface area (Å²) in [5, 5.41) is 6.37. The molecule has 150 valence electrons. The Bertz CT molecular complexity index is 339. The number of hydrogen-bond acceptors (Lipinski definition) is 3. The Labute approximate surface area is 171 Å². The largest absolute Gasteiger partial charge is 0.381 e. The Hall–Kier alpha value is -0.570. The van der Waals surface area contributed by atoms with Crippen LogP contribution >= 0.6 is 24.0 Å². The van der Waals surface area contributed by atoms with E-state index in [1.807, 2.05) is 6.92 Å². The summed E-state index contributed by atoms with van der Waals surface area (Å²) in [6.07, 6.45) is 8.69. The van der Waals surface area contributed by atoms with Gasteiger partial charge in [-0.2, -0.15) is 0 Å². The van der Waals surface area contributed by atoms with Crippen molar-refractivity contribution in [3.63, 3.8) is 0 Å². The average Bonchev–Trinajstić information content (AvgIpc) is 2.56. The van der Waals surface area contributed by atoms with Crippen LogP contribution in [0.2, 0.25) is 0 Å². The van der Waals surface area contributed by atoms with Crippen molar-refractivity contribution in [2.45, 2.75) is 58.8 Å². The quantitative estimate of drug-likeness (QED) is 0.177. The number of hydrogen-bond donors (Lipinski definition) is 2. The minimum absolute atomic E-state index is 0. The highest BCUT2D eigenvalue weighted by molar-refractivity contribution is 14.0. The molecule has 0 radical (unpaired) electrons. The Morgan fingerprint density at radius 1 is 0.960 bits per heavy atom. The first-order valence-electron chi connectivity index (χ1n) is 9.41. The number of ether oxygens (including phenoxy) is 1. The summed E-state index contributed by atoms with van der Waals surface area (Å²) in [5.41, 5.74) is 0. The van der Waals surface area contributed by atoms with Crippen LogP contribution in [-0.4, -0.2) is 63.7 Å². The van der Waals surface area contributed by atoms with Gasteiger partial charge in [0.05, 0.1) is 0 Å². The topological polar surface area (TPSA) is 66.0 Å². The molecule has 25 heavy (non-hydrogen) atoms. The predicted octanol–water partition coefficient (Wildman–Crippen LogP) is 3.01. The summed E-state index contributed by atoms with van der Waals surface area (Å²) in [6.45, 7) is 7.60. The van der Waals surface area contributed by atoms with E-state index in [0.717, 1.165) is 39.1 Å². The number of aliphatic imine (C=N–C) groups is 1. The fourth-order valence-corrected chi connectivity index (χ4v) is 2.10. The first kappa shape index (κ1) is 26.7. The molecule has 0 atom stereocenters. The summed E-state index contributed by atoms with van der Waals surface area (Å²) in [4.78, 5) is 17.4. The SMILES string of the molecule is CCCCCCCCOCCCNC(=NCC(=O)N(C)C)NCC.I. The van der Waals surface area contributed by atoms with Crippen LogP contribution in [0.4, 0.5) is 0 Å². The molecule has 0 aromatic rings. The summed E-state index contributed by atoms with van der Waals surface area (Å²) < 4.78 is 5.65. The third-order valence-electron chi connectivity index (χ3n) is 3.62. The zero-order valence-corrected chi connectivity index (χ0v) is 18.9. The summed E-state index contributed by atoms with van der Waals surface area (Å²) in [6, 6.07) is 0. The van der Waals surface area contributed by atoms with Crippen molar-refractivity contribution in [3.8, 4) is 0 Å². The van der Waals surface area contributed by atoms with Gasteiger partial charge in [0.15, 0.2) is 5.96 Å². The van der Waals surface area contributed by atoms with Crippen LogP contribution in [0, 0.1) is 0 Å². The van der Waals surface area contributed by atoms with Crippen molar-refractivity contribution < 1.29 is 9.53 Å². The van der Waals surface area contributed by atoms with Crippen LogP contribution in [0.15, 0.2) is 4.99 Å². The fraction of sp³-hybridized carbons (Fsp3) is 0.889. The normalized spacial score (nSPS) is 11.0. The van der Waals surface area contributed by atoms with E-state index in [1.165, 1.54) is 32.1 Å². The second kappa shape index (κ2) is 19.8. The standard InChI is InChI=1S/C18H38N4O2.HI/c1-5-7-8-9-10-11-14-24-15-12-13-20-18(19-6-2)21-16-17(23)22(3)4;/h5-16H2,1-4H3,(H2,19,20,21);1H. The van der Waals surface area contributed by atoms with Crippen molar-refractivity contribution in [2.24, 2.45) is 4.99 Å². The van der Waals surface area contributed by atoms with Crippen LogP contribution in [-0.2, 0) is 9.53 Å². The van der Waals surface area contributed by atoms with Crippen LogP contribution in [0.5, 0.6) is 0 Å². The molecule has 0 aromatic carbocycles. The molecule has 0 saturated carbocycles.